The summed E-state index contributed by atoms with van der Waals surface area (Å²) >= 11 is 0. The molecule has 1 aromatic heterocycles. The number of anilines is 1. The van der Waals surface area contributed by atoms with Gasteiger partial charge in [-0.3, -0.25) is 4.79 Å². The third kappa shape index (κ3) is 2.48. The van der Waals surface area contributed by atoms with Gasteiger partial charge in [-0.15, -0.1) is 0 Å². The summed E-state index contributed by atoms with van der Waals surface area (Å²) in [6, 6.07) is 13.3. The molecule has 4 heteroatoms. The van der Waals surface area contributed by atoms with Crippen molar-refractivity contribution in [2.45, 2.75) is 6.92 Å². The van der Waals surface area contributed by atoms with Gasteiger partial charge in [-0.05, 0) is 36.8 Å². The molecule has 0 bridgehead atoms. The number of aromatic nitrogens is 1. The second kappa shape index (κ2) is 5.32. The van der Waals surface area contributed by atoms with Gasteiger partial charge in [0.15, 0.2) is 0 Å². The van der Waals surface area contributed by atoms with Gasteiger partial charge < -0.3 is 15.0 Å². The fourth-order valence-corrected chi connectivity index (χ4v) is 2.35. The maximum atomic E-state index is 12.4. The minimum atomic E-state index is -0.124. The zero-order chi connectivity index (χ0) is 14.8. The standard InChI is InChI=1S/C17H16N2O2/c1-11-9-12(21-2)7-8-15(11)19-17(20)14-10-18-16-6-4-3-5-13(14)16/h3-10,18H,1-2H3,(H,19,20). The topological polar surface area (TPSA) is 54.1 Å². The maximum Gasteiger partial charge on any atom is 0.257 e. The molecule has 2 aromatic carbocycles. The number of para-hydroxylation sites is 1. The lowest BCUT2D eigenvalue weighted by Crippen LogP contribution is -2.12. The lowest BCUT2D eigenvalue weighted by atomic mass is 10.1. The first-order chi connectivity index (χ1) is 10.2. The van der Waals surface area contributed by atoms with Gasteiger partial charge in [-0.25, -0.2) is 0 Å². The minimum absolute atomic E-state index is 0.124. The van der Waals surface area contributed by atoms with Crippen LogP contribution in [0, 0.1) is 6.92 Å². The summed E-state index contributed by atoms with van der Waals surface area (Å²) in [5.74, 6) is 0.651. The van der Waals surface area contributed by atoms with E-state index in [1.54, 1.807) is 13.3 Å². The van der Waals surface area contributed by atoms with E-state index in [1.165, 1.54) is 0 Å². The van der Waals surface area contributed by atoms with Crippen LogP contribution in [0.15, 0.2) is 48.7 Å². The van der Waals surface area contributed by atoms with E-state index in [4.69, 9.17) is 4.74 Å². The first-order valence-electron chi connectivity index (χ1n) is 6.71. The first-order valence-corrected chi connectivity index (χ1v) is 6.71. The van der Waals surface area contributed by atoms with E-state index in [1.807, 2.05) is 49.4 Å². The number of nitrogens with one attached hydrogen (secondary N) is 2. The van der Waals surface area contributed by atoms with Crippen LogP contribution in [-0.2, 0) is 0 Å². The summed E-state index contributed by atoms with van der Waals surface area (Å²) in [5.41, 5.74) is 3.34. The van der Waals surface area contributed by atoms with Crippen molar-refractivity contribution in [3.63, 3.8) is 0 Å². The number of hydrogen-bond acceptors (Lipinski definition) is 2. The van der Waals surface area contributed by atoms with Gasteiger partial charge in [-0.1, -0.05) is 18.2 Å². The molecular weight excluding hydrogens is 264 g/mol. The Labute approximate surface area is 122 Å². The largest absolute Gasteiger partial charge is 0.497 e. The molecule has 106 valence electrons. The second-order valence-electron chi connectivity index (χ2n) is 4.88. The van der Waals surface area contributed by atoms with Crippen molar-refractivity contribution in [1.29, 1.82) is 0 Å². The van der Waals surface area contributed by atoms with Gasteiger partial charge >= 0.3 is 0 Å². The van der Waals surface area contributed by atoms with Crippen molar-refractivity contribution in [3.8, 4) is 5.75 Å². The smallest absolute Gasteiger partial charge is 0.257 e. The summed E-state index contributed by atoms with van der Waals surface area (Å²) in [4.78, 5) is 15.5. The average Bonchev–Trinajstić information content (AvgIpc) is 2.93. The molecule has 2 N–H and O–H groups in total. The van der Waals surface area contributed by atoms with Crippen molar-refractivity contribution in [3.05, 3.63) is 59.8 Å². The fraction of sp³-hybridized carbons (Fsp3) is 0.118. The molecule has 0 atom stereocenters. The SMILES string of the molecule is COc1ccc(NC(=O)c2c[nH]c3ccccc23)c(C)c1. The molecular formula is C17H16N2O2. The lowest BCUT2D eigenvalue weighted by molar-refractivity contribution is 0.102. The Morgan fingerprint density at radius 1 is 1.19 bits per heavy atom. The number of aromatic amines is 1. The number of rotatable bonds is 3. The fourth-order valence-electron chi connectivity index (χ4n) is 2.35. The van der Waals surface area contributed by atoms with Gasteiger partial charge in [0.1, 0.15) is 5.75 Å². The Kier molecular flexibility index (Phi) is 3.36. The summed E-state index contributed by atoms with van der Waals surface area (Å²) < 4.78 is 5.17. The molecule has 0 saturated heterocycles. The van der Waals surface area contributed by atoms with Gasteiger partial charge in [0.2, 0.25) is 0 Å². The molecule has 0 aliphatic heterocycles. The summed E-state index contributed by atoms with van der Waals surface area (Å²) in [6.45, 7) is 1.94. The number of benzene rings is 2. The van der Waals surface area contributed by atoms with Crippen molar-refractivity contribution in [1.82, 2.24) is 4.98 Å². The zero-order valence-electron chi connectivity index (χ0n) is 11.9. The van der Waals surface area contributed by atoms with E-state index in [-0.39, 0.29) is 5.91 Å². The van der Waals surface area contributed by atoms with Crippen molar-refractivity contribution < 1.29 is 9.53 Å². The van der Waals surface area contributed by atoms with E-state index in [2.05, 4.69) is 10.3 Å². The van der Waals surface area contributed by atoms with Crippen LogP contribution >= 0.6 is 0 Å². The van der Waals surface area contributed by atoms with Crippen molar-refractivity contribution in [2.24, 2.45) is 0 Å². The average molecular weight is 280 g/mol. The molecule has 3 rings (SSSR count). The highest BCUT2D eigenvalue weighted by atomic mass is 16.5. The van der Waals surface area contributed by atoms with Crippen LogP contribution in [-0.4, -0.2) is 18.0 Å². The monoisotopic (exact) mass is 280 g/mol. The molecule has 0 aliphatic rings. The van der Waals surface area contributed by atoms with Crippen LogP contribution in [0.1, 0.15) is 15.9 Å². The van der Waals surface area contributed by atoms with Crippen LogP contribution < -0.4 is 10.1 Å². The predicted molar refractivity (Wildman–Crippen MR) is 84.0 cm³/mol. The lowest BCUT2D eigenvalue weighted by Gasteiger charge is -2.09. The molecule has 4 nitrogen and oxygen atoms in total. The van der Waals surface area contributed by atoms with E-state index in [0.29, 0.717) is 5.56 Å². The number of carbonyl (C=O) groups excluding carboxylic acids is 1. The van der Waals surface area contributed by atoms with Gasteiger partial charge in [0, 0.05) is 22.8 Å². The number of methoxy groups -OCH3 is 1. The Bertz CT molecular complexity index is 805. The van der Waals surface area contributed by atoms with E-state index in [9.17, 15) is 4.79 Å². The second-order valence-corrected chi connectivity index (χ2v) is 4.88. The van der Waals surface area contributed by atoms with E-state index >= 15 is 0 Å². The highest BCUT2D eigenvalue weighted by Gasteiger charge is 2.12. The molecule has 0 spiro atoms. The highest BCUT2D eigenvalue weighted by molar-refractivity contribution is 6.13. The Morgan fingerprint density at radius 2 is 2.00 bits per heavy atom. The maximum absolute atomic E-state index is 12.4. The molecule has 0 unspecified atom stereocenters. The predicted octanol–water partition coefficient (Wildman–Crippen LogP) is 3.74. The van der Waals surface area contributed by atoms with Crippen molar-refractivity contribution >= 4 is 22.5 Å². The quantitative estimate of drug-likeness (QED) is 0.768. The molecule has 1 amide bonds. The van der Waals surface area contributed by atoms with Crippen molar-refractivity contribution in [2.75, 3.05) is 12.4 Å². The van der Waals surface area contributed by atoms with E-state index < -0.39 is 0 Å². The zero-order valence-corrected chi connectivity index (χ0v) is 11.9. The van der Waals surface area contributed by atoms with Crippen LogP contribution in [0.2, 0.25) is 0 Å². The number of hydrogen-bond donors (Lipinski definition) is 2. The van der Waals surface area contributed by atoms with Gasteiger partial charge in [0.05, 0.1) is 12.7 Å². The molecule has 1 heterocycles. The molecule has 21 heavy (non-hydrogen) atoms. The molecule has 3 aromatic rings. The van der Waals surface area contributed by atoms with Crippen LogP contribution in [0.4, 0.5) is 5.69 Å². The van der Waals surface area contributed by atoms with Crippen LogP contribution in [0.3, 0.4) is 0 Å². The molecule has 0 saturated carbocycles. The number of aryl methyl sites for hydroxylation is 1. The number of ether oxygens (including phenoxy) is 1. The number of carbonyl (C=O) groups is 1. The van der Waals surface area contributed by atoms with Gasteiger partial charge in [-0.2, -0.15) is 0 Å². The van der Waals surface area contributed by atoms with E-state index in [0.717, 1.165) is 27.9 Å². The van der Waals surface area contributed by atoms with Gasteiger partial charge in [0.25, 0.3) is 5.91 Å². The highest BCUT2D eigenvalue weighted by Crippen LogP contribution is 2.23. The molecule has 0 aliphatic carbocycles. The third-order valence-corrected chi connectivity index (χ3v) is 3.52. The summed E-state index contributed by atoms with van der Waals surface area (Å²) in [7, 11) is 1.62. The molecule has 0 fully saturated rings. The van der Waals surface area contributed by atoms with Crippen LogP contribution in [0.5, 0.6) is 5.75 Å². The normalized spacial score (nSPS) is 10.6. The minimum Gasteiger partial charge on any atom is -0.497 e. The number of amides is 1. The summed E-state index contributed by atoms with van der Waals surface area (Å²) in [6.07, 6.45) is 1.73. The Morgan fingerprint density at radius 3 is 2.76 bits per heavy atom. The number of H-pyrrole nitrogens is 1. The molecule has 0 radical (unpaired) electrons. The number of fused-ring (bicyclic) bond motifs is 1. The third-order valence-electron chi connectivity index (χ3n) is 3.52. The first kappa shape index (κ1) is 13.2. The Hall–Kier alpha value is -2.75. The summed E-state index contributed by atoms with van der Waals surface area (Å²) in [5, 5.41) is 3.86. The Balaban J connectivity index is 1.90. The van der Waals surface area contributed by atoms with Crippen LogP contribution in [0.25, 0.3) is 10.9 Å².